The van der Waals surface area contributed by atoms with Gasteiger partial charge in [0.1, 0.15) is 0 Å². The van der Waals surface area contributed by atoms with Crippen LogP contribution in [0.3, 0.4) is 0 Å². The van der Waals surface area contributed by atoms with Gasteiger partial charge in [0.05, 0.1) is 0 Å². The van der Waals surface area contributed by atoms with Crippen LogP contribution < -0.4 is 0 Å². The highest BCUT2D eigenvalue weighted by Gasteiger charge is 2.30. The fourth-order valence-corrected chi connectivity index (χ4v) is 1.71. The van der Waals surface area contributed by atoms with E-state index in [1.165, 1.54) is 25.7 Å². The number of halogens is 1. The van der Waals surface area contributed by atoms with E-state index >= 15 is 0 Å². The highest BCUT2D eigenvalue weighted by molar-refractivity contribution is 6.23. The van der Waals surface area contributed by atoms with E-state index in [0.29, 0.717) is 5.92 Å². The number of alkyl halides is 1. The molecule has 54 valence electrons. The zero-order chi connectivity index (χ0) is 6.91. The van der Waals surface area contributed by atoms with Crippen LogP contribution >= 0.6 is 11.6 Å². The maximum atomic E-state index is 6.22. The summed E-state index contributed by atoms with van der Waals surface area (Å²) in [4.78, 5) is 0.109. The zero-order valence-electron chi connectivity index (χ0n) is 6.28. The summed E-state index contributed by atoms with van der Waals surface area (Å²) in [5, 5.41) is 0. The van der Waals surface area contributed by atoms with Gasteiger partial charge in [-0.15, -0.1) is 11.6 Å². The van der Waals surface area contributed by atoms with Gasteiger partial charge in [0.15, 0.2) is 0 Å². The van der Waals surface area contributed by atoms with Crippen molar-refractivity contribution < 1.29 is 0 Å². The van der Waals surface area contributed by atoms with Crippen molar-refractivity contribution in [2.24, 2.45) is 5.92 Å². The van der Waals surface area contributed by atoms with Gasteiger partial charge in [-0.25, -0.2) is 0 Å². The van der Waals surface area contributed by atoms with Crippen molar-refractivity contribution in [3.05, 3.63) is 0 Å². The molecular weight excluding hydrogens is 132 g/mol. The molecule has 1 heteroatoms. The van der Waals surface area contributed by atoms with Crippen molar-refractivity contribution in [1.29, 1.82) is 0 Å². The Kier molecular flexibility index (Phi) is 2.05. The van der Waals surface area contributed by atoms with Crippen LogP contribution in [0.2, 0.25) is 0 Å². The molecule has 0 radical (unpaired) electrons. The summed E-state index contributed by atoms with van der Waals surface area (Å²) in [6, 6.07) is 0. The third-order valence-corrected chi connectivity index (χ3v) is 3.14. The molecule has 1 fully saturated rings. The number of hydrogen-bond acceptors (Lipinski definition) is 0. The van der Waals surface area contributed by atoms with E-state index in [2.05, 4.69) is 13.8 Å². The Labute approximate surface area is 62.6 Å². The summed E-state index contributed by atoms with van der Waals surface area (Å²) in [7, 11) is 0. The summed E-state index contributed by atoms with van der Waals surface area (Å²) >= 11 is 6.22. The molecule has 1 aliphatic carbocycles. The van der Waals surface area contributed by atoms with E-state index in [0.717, 1.165) is 0 Å². The lowest BCUT2D eigenvalue weighted by Gasteiger charge is -2.33. The van der Waals surface area contributed by atoms with Gasteiger partial charge in [-0.05, 0) is 25.7 Å². The third kappa shape index (κ3) is 1.61. The minimum Gasteiger partial charge on any atom is -0.119 e. The molecule has 0 heterocycles. The van der Waals surface area contributed by atoms with Crippen LogP contribution in [0, 0.1) is 5.92 Å². The highest BCUT2D eigenvalue weighted by atomic mass is 35.5. The summed E-state index contributed by atoms with van der Waals surface area (Å²) in [6.45, 7) is 4.42. The lowest BCUT2D eigenvalue weighted by atomic mass is 9.81. The third-order valence-electron chi connectivity index (χ3n) is 2.58. The molecule has 0 aromatic carbocycles. The van der Waals surface area contributed by atoms with Crippen molar-refractivity contribution in [2.45, 2.75) is 44.4 Å². The fourth-order valence-electron chi connectivity index (χ4n) is 1.47. The first-order valence-corrected chi connectivity index (χ1v) is 4.19. The van der Waals surface area contributed by atoms with Crippen LogP contribution in [0.5, 0.6) is 0 Å². The van der Waals surface area contributed by atoms with E-state index in [1.54, 1.807) is 0 Å². The van der Waals surface area contributed by atoms with Crippen LogP contribution in [0.1, 0.15) is 39.5 Å². The summed E-state index contributed by atoms with van der Waals surface area (Å²) in [5.74, 6) is 0.716. The maximum Gasteiger partial charge on any atom is 0.0444 e. The molecule has 9 heavy (non-hydrogen) atoms. The van der Waals surface area contributed by atoms with E-state index < -0.39 is 0 Å². The smallest absolute Gasteiger partial charge is 0.0444 e. The Hall–Kier alpha value is 0.290. The van der Waals surface area contributed by atoms with Crippen LogP contribution in [-0.4, -0.2) is 4.87 Å². The highest BCUT2D eigenvalue weighted by Crippen LogP contribution is 2.38. The normalized spacial score (nSPS) is 45.0. The van der Waals surface area contributed by atoms with E-state index in [9.17, 15) is 0 Å². The second kappa shape index (κ2) is 2.49. The molecule has 0 aromatic rings. The van der Waals surface area contributed by atoms with Crippen LogP contribution in [0.15, 0.2) is 0 Å². The first kappa shape index (κ1) is 7.40. The standard InChI is InChI=1S/C8H15Cl/c1-7-5-3-4-6-8(7,2)9/h7H,3-6H2,1-2H3/t7-,8-/m0/s1. The van der Waals surface area contributed by atoms with Crippen molar-refractivity contribution >= 4 is 11.6 Å². The summed E-state index contributed by atoms with van der Waals surface area (Å²) < 4.78 is 0. The molecule has 0 amide bonds. The van der Waals surface area contributed by atoms with Gasteiger partial charge < -0.3 is 0 Å². The average Bonchev–Trinajstić information content (AvgIpc) is 1.77. The molecule has 1 aliphatic rings. The fraction of sp³-hybridized carbons (Fsp3) is 1.00. The van der Waals surface area contributed by atoms with E-state index in [-0.39, 0.29) is 4.87 Å². The van der Waals surface area contributed by atoms with Gasteiger partial charge in [-0.3, -0.25) is 0 Å². The Balaban J connectivity index is 2.49. The average molecular weight is 147 g/mol. The van der Waals surface area contributed by atoms with Crippen molar-refractivity contribution in [2.75, 3.05) is 0 Å². The molecule has 0 aromatic heterocycles. The SMILES string of the molecule is C[C@H]1CCCC[C@]1(C)Cl. The lowest BCUT2D eigenvalue weighted by Crippen LogP contribution is -2.29. The first-order valence-electron chi connectivity index (χ1n) is 3.82. The Bertz CT molecular complexity index is 96.7. The molecular formula is C8H15Cl. The van der Waals surface area contributed by atoms with Gasteiger partial charge in [-0.2, -0.15) is 0 Å². The van der Waals surface area contributed by atoms with Crippen LogP contribution in [-0.2, 0) is 0 Å². The number of hydrogen-bond donors (Lipinski definition) is 0. The largest absolute Gasteiger partial charge is 0.119 e. The monoisotopic (exact) mass is 146 g/mol. The lowest BCUT2D eigenvalue weighted by molar-refractivity contribution is 0.305. The molecule has 0 saturated heterocycles. The van der Waals surface area contributed by atoms with E-state index in [4.69, 9.17) is 11.6 Å². The minimum absolute atomic E-state index is 0.109. The molecule has 0 bridgehead atoms. The van der Waals surface area contributed by atoms with Crippen LogP contribution in [0.4, 0.5) is 0 Å². The van der Waals surface area contributed by atoms with Gasteiger partial charge >= 0.3 is 0 Å². The predicted molar refractivity (Wildman–Crippen MR) is 41.9 cm³/mol. The van der Waals surface area contributed by atoms with E-state index in [1.807, 2.05) is 0 Å². The molecule has 0 spiro atoms. The summed E-state index contributed by atoms with van der Waals surface area (Å²) in [5.41, 5.74) is 0. The molecule has 0 unspecified atom stereocenters. The Morgan fingerprint density at radius 3 is 2.44 bits per heavy atom. The molecule has 0 N–H and O–H groups in total. The predicted octanol–water partition coefficient (Wildman–Crippen LogP) is 3.19. The van der Waals surface area contributed by atoms with Gasteiger partial charge in [0.2, 0.25) is 0 Å². The van der Waals surface area contributed by atoms with Crippen molar-refractivity contribution in [3.63, 3.8) is 0 Å². The van der Waals surface area contributed by atoms with Crippen molar-refractivity contribution in [3.8, 4) is 0 Å². The Morgan fingerprint density at radius 1 is 1.44 bits per heavy atom. The first-order chi connectivity index (χ1) is 4.13. The van der Waals surface area contributed by atoms with Gasteiger partial charge in [-0.1, -0.05) is 19.8 Å². The quantitative estimate of drug-likeness (QED) is 0.461. The van der Waals surface area contributed by atoms with Crippen molar-refractivity contribution in [1.82, 2.24) is 0 Å². The zero-order valence-corrected chi connectivity index (χ0v) is 7.04. The van der Waals surface area contributed by atoms with Gasteiger partial charge in [0.25, 0.3) is 0 Å². The maximum absolute atomic E-state index is 6.22. The Morgan fingerprint density at radius 2 is 2.11 bits per heavy atom. The molecule has 0 nitrogen and oxygen atoms in total. The number of rotatable bonds is 0. The summed E-state index contributed by atoms with van der Waals surface area (Å²) in [6.07, 6.45) is 5.23. The topological polar surface area (TPSA) is 0 Å². The van der Waals surface area contributed by atoms with Crippen LogP contribution in [0.25, 0.3) is 0 Å². The molecule has 1 saturated carbocycles. The molecule has 2 atom stereocenters. The molecule has 0 aliphatic heterocycles. The minimum atomic E-state index is 0.109. The molecule has 1 rings (SSSR count). The van der Waals surface area contributed by atoms with Gasteiger partial charge in [0, 0.05) is 4.87 Å². The second-order valence-electron chi connectivity index (χ2n) is 3.42. The second-order valence-corrected chi connectivity index (χ2v) is 4.29.